The van der Waals surface area contributed by atoms with Gasteiger partial charge in [0.2, 0.25) is 0 Å². The van der Waals surface area contributed by atoms with Gasteiger partial charge >= 0.3 is 0 Å². The number of carbonyl (C=O) groups excluding carboxylic acids is 1. The Labute approximate surface area is 126 Å². The van der Waals surface area contributed by atoms with Crippen LogP contribution in [0.5, 0.6) is 5.75 Å². The average molecular weight is 291 g/mol. The molecule has 3 N–H and O–H groups in total. The number of rotatable bonds is 5. The van der Waals surface area contributed by atoms with Crippen LogP contribution in [0.3, 0.4) is 0 Å². The van der Waals surface area contributed by atoms with Crippen molar-refractivity contribution >= 4 is 11.6 Å². The van der Waals surface area contributed by atoms with Crippen LogP contribution in [0.15, 0.2) is 18.2 Å². The number of nitrogens with one attached hydrogen (secondary N) is 1. The van der Waals surface area contributed by atoms with E-state index in [1.807, 2.05) is 0 Å². The second-order valence-corrected chi connectivity index (χ2v) is 5.58. The summed E-state index contributed by atoms with van der Waals surface area (Å²) in [5.74, 6) is 0.535. The third kappa shape index (κ3) is 4.36. The predicted octanol–water partition coefficient (Wildman–Crippen LogP) is 1.88. The van der Waals surface area contributed by atoms with Crippen LogP contribution >= 0.6 is 0 Å². The molecule has 1 aromatic carbocycles. The molecule has 0 aliphatic carbocycles. The van der Waals surface area contributed by atoms with E-state index in [1.54, 1.807) is 25.3 Å². The molecule has 1 amide bonds. The van der Waals surface area contributed by atoms with Gasteiger partial charge in [-0.15, -0.1) is 0 Å². The van der Waals surface area contributed by atoms with E-state index < -0.39 is 0 Å². The van der Waals surface area contributed by atoms with Crippen LogP contribution < -0.4 is 15.8 Å². The first-order chi connectivity index (χ1) is 10.1. The van der Waals surface area contributed by atoms with Gasteiger partial charge < -0.3 is 20.7 Å². The normalized spacial score (nSPS) is 16.7. The minimum atomic E-state index is -0.0745. The molecule has 21 heavy (non-hydrogen) atoms. The van der Waals surface area contributed by atoms with E-state index in [1.165, 1.54) is 6.42 Å². The summed E-state index contributed by atoms with van der Waals surface area (Å²) in [7, 11) is 1.57. The predicted molar refractivity (Wildman–Crippen MR) is 84.6 cm³/mol. The van der Waals surface area contributed by atoms with Crippen molar-refractivity contribution in [3.63, 3.8) is 0 Å². The Balaban J connectivity index is 1.92. The molecule has 0 aromatic heterocycles. The minimum absolute atomic E-state index is 0.0745. The summed E-state index contributed by atoms with van der Waals surface area (Å²) >= 11 is 0. The van der Waals surface area contributed by atoms with Gasteiger partial charge in [0.05, 0.1) is 7.11 Å². The van der Waals surface area contributed by atoms with Crippen molar-refractivity contribution in [1.82, 2.24) is 10.2 Å². The zero-order valence-electron chi connectivity index (χ0n) is 12.9. The monoisotopic (exact) mass is 291 g/mol. The third-order valence-corrected chi connectivity index (χ3v) is 3.89. The highest BCUT2D eigenvalue weighted by Crippen LogP contribution is 2.19. The van der Waals surface area contributed by atoms with Crippen molar-refractivity contribution in [3.8, 4) is 5.75 Å². The summed E-state index contributed by atoms with van der Waals surface area (Å²) in [6, 6.07) is 5.36. The molecule has 0 radical (unpaired) electrons. The van der Waals surface area contributed by atoms with Gasteiger partial charge in [-0.25, -0.2) is 0 Å². The summed E-state index contributed by atoms with van der Waals surface area (Å²) in [5.41, 5.74) is 6.89. The molecular formula is C16H25N3O2. The third-order valence-electron chi connectivity index (χ3n) is 3.89. The van der Waals surface area contributed by atoms with Gasteiger partial charge in [-0.1, -0.05) is 6.92 Å². The maximum Gasteiger partial charge on any atom is 0.251 e. The van der Waals surface area contributed by atoms with Gasteiger partial charge in [-0.3, -0.25) is 4.79 Å². The van der Waals surface area contributed by atoms with Crippen molar-refractivity contribution in [2.45, 2.75) is 32.2 Å². The van der Waals surface area contributed by atoms with Gasteiger partial charge in [-0.05, 0) is 37.9 Å². The lowest BCUT2D eigenvalue weighted by molar-refractivity contribution is 0.0911. The van der Waals surface area contributed by atoms with Crippen molar-refractivity contribution < 1.29 is 9.53 Å². The molecule has 1 aromatic rings. The van der Waals surface area contributed by atoms with Crippen molar-refractivity contribution in [1.29, 1.82) is 0 Å². The molecule has 0 bridgehead atoms. The minimum Gasteiger partial charge on any atom is -0.497 e. The number of piperidine rings is 1. The topological polar surface area (TPSA) is 67.6 Å². The van der Waals surface area contributed by atoms with Gasteiger partial charge in [0.15, 0.2) is 0 Å². The number of benzene rings is 1. The zero-order valence-corrected chi connectivity index (χ0v) is 12.9. The van der Waals surface area contributed by atoms with Gasteiger partial charge in [0.25, 0.3) is 5.91 Å². The van der Waals surface area contributed by atoms with Crippen LogP contribution in [0.4, 0.5) is 5.69 Å². The number of likely N-dealkylation sites (tertiary alicyclic amines) is 1. The molecule has 1 fully saturated rings. The van der Waals surface area contributed by atoms with Crippen molar-refractivity contribution in [3.05, 3.63) is 23.8 Å². The second kappa shape index (κ2) is 7.31. The van der Waals surface area contributed by atoms with Crippen LogP contribution in [-0.4, -0.2) is 43.6 Å². The highest BCUT2D eigenvalue weighted by Gasteiger charge is 2.20. The van der Waals surface area contributed by atoms with E-state index in [2.05, 4.69) is 17.1 Å². The van der Waals surface area contributed by atoms with E-state index >= 15 is 0 Å². The first-order valence-electron chi connectivity index (χ1n) is 7.60. The number of methoxy groups -OCH3 is 1. The Bertz CT molecular complexity index is 482. The maximum atomic E-state index is 12.3. The van der Waals surface area contributed by atoms with Crippen LogP contribution in [0, 0.1) is 0 Å². The Morgan fingerprint density at radius 1 is 1.38 bits per heavy atom. The highest BCUT2D eigenvalue weighted by atomic mass is 16.5. The first kappa shape index (κ1) is 15.6. The molecule has 2 rings (SSSR count). The van der Waals surface area contributed by atoms with Crippen LogP contribution in [0.2, 0.25) is 0 Å². The van der Waals surface area contributed by atoms with Crippen molar-refractivity contribution in [2.75, 3.05) is 32.5 Å². The van der Waals surface area contributed by atoms with Crippen molar-refractivity contribution in [2.24, 2.45) is 0 Å². The standard InChI is InChI=1S/C16H25N3O2/c1-3-6-19-7-4-14(5-8-19)18-16(20)12-9-13(17)11-15(10-12)21-2/h9-11,14H,3-8,17H2,1-2H3,(H,18,20). The highest BCUT2D eigenvalue weighted by molar-refractivity contribution is 5.95. The molecule has 0 unspecified atom stereocenters. The molecule has 1 aliphatic heterocycles. The van der Waals surface area contributed by atoms with Crippen LogP contribution in [-0.2, 0) is 0 Å². The van der Waals surface area contributed by atoms with E-state index in [0.29, 0.717) is 17.0 Å². The summed E-state index contributed by atoms with van der Waals surface area (Å²) < 4.78 is 5.15. The maximum absolute atomic E-state index is 12.3. The number of anilines is 1. The Morgan fingerprint density at radius 2 is 2.10 bits per heavy atom. The summed E-state index contributed by atoms with van der Waals surface area (Å²) in [4.78, 5) is 14.8. The fourth-order valence-electron chi connectivity index (χ4n) is 2.76. The fraction of sp³-hybridized carbons (Fsp3) is 0.562. The number of hydrogen-bond acceptors (Lipinski definition) is 4. The Hall–Kier alpha value is -1.75. The fourth-order valence-corrected chi connectivity index (χ4v) is 2.76. The molecule has 1 aliphatic rings. The molecule has 116 valence electrons. The number of nitrogens with zero attached hydrogens (tertiary/aromatic N) is 1. The zero-order chi connectivity index (χ0) is 15.2. The number of carbonyl (C=O) groups is 1. The smallest absolute Gasteiger partial charge is 0.251 e. The lowest BCUT2D eigenvalue weighted by atomic mass is 10.0. The summed E-state index contributed by atoms with van der Waals surface area (Å²) in [6.07, 6.45) is 3.19. The lowest BCUT2D eigenvalue weighted by Crippen LogP contribution is -2.44. The average Bonchev–Trinajstić information content (AvgIpc) is 2.48. The SMILES string of the molecule is CCCN1CCC(NC(=O)c2cc(N)cc(OC)c2)CC1. The number of amides is 1. The van der Waals surface area contributed by atoms with Gasteiger partial charge in [0, 0.05) is 36.4 Å². The summed E-state index contributed by atoms with van der Waals surface area (Å²) in [5, 5.41) is 3.10. The molecule has 5 nitrogen and oxygen atoms in total. The molecule has 0 atom stereocenters. The quantitative estimate of drug-likeness (QED) is 0.813. The van der Waals surface area contributed by atoms with E-state index in [9.17, 15) is 4.79 Å². The second-order valence-electron chi connectivity index (χ2n) is 5.58. The number of nitrogen functional groups attached to an aromatic ring is 1. The summed E-state index contributed by atoms with van der Waals surface area (Å²) in [6.45, 7) is 5.45. The molecule has 5 heteroatoms. The number of nitrogens with two attached hydrogens (primary N) is 1. The first-order valence-corrected chi connectivity index (χ1v) is 7.60. The largest absolute Gasteiger partial charge is 0.497 e. The van der Waals surface area contributed by atoms with Gasteiger partial charge in [-0.2, -0.15) is 0 Å². The number of ether oxygens (including phenoxy) is 1. The van der Waals surface area contributed by atoms with Gasteiger partial charge in [0.1, 0.15) is 5.75 Å². The Kier molecular flexibility index (Phi) is 5.44. The molecule has 0 spiro atoms. The molecular weight excluding hydrogens is 266 g/mol. The van der Waals surface area contributed by atoms with Crippen LogP contribution in [0.25, 0.3) is 0 Å². The molecule has 1 saturated heterocycles. The van der Waals surface area contributed by atoms with E-state index in [0.717, 1.165) is 32.5 Å². The lowest BCUT2D eigenvalue weighted by Gasteiger charge is -2.32. The number of hydrogen-bond donors (Lipinski definition) is 2. The van der Waals surface area contributed by atoms with Crippen LogP contribution in [0.1, 0.15) is 36.5 Å². The molecule has 1 heterocycles. The Morgan fingerprint density at radius 3 is 2.71 bits per heavy atom. The molecule has 0 saturated carbocycles. The van der Waals surface area contributed by atoms with E-state index in [-0.39, 0.29) is 11.9 Å². The van der Waals surface area contributed by atoms with E-state index in [4.69, 9.17) is 10.5 Å².